The molecule has 0 saturated carbocycles. The van der Waals surface area contributed by atoms with Gasteiger partial charge in [0.2, 0.25) is 11.9 Å². The summed E-state index contributed by atoms with van der Waals surface area (Å²) in [5.74, 6) is 1.09. The molecule has 1 aromatic heterocycles. The van der Waals surface area contributed by atoms with E-state index < -0.39 is 0 Å². The summed E-state index contributed by atoms with van der Waals surface area (Å²) >= 11 is 0. The number of ether oxygens (including phenoxy) is 2. The molecule has 7 nitrogen and oxygen atoms in total. The first-order valence-corrected chi connectivity index (χ1v) is 5.57. The van der Waals surface area contributed by atoms with Gasteiger partial charge in [-0.25, -0.2) is 0 Å². The zero-order valence-electron chi connectivity index (χ0n) is 10.3. The maximum Gasteiger partial charge on any atom is 0.229 e. The summed E-state index contributed by atoms with van der Waals surface area (Å²) in [6, 6.07) is 0. The molecule has 0 aliphatic rings. The molecule has 0 aliphatic heterocycles. The quantitative estimate of drug-likeness (QED) is 0.513. The van der Waals surface area contributed by atoms with Gasteiger partial charge < -0.3 is 20.5 Å². The third-order valence-electron chi connectivity index (χ3n) is 1.95. The Kier molecular flexibility index (Phi) is 6.19. The lowest BCUT2D eigenvalue weighted by atomic mass is 10.4. The highest BCUT2D eigenvalue weighted by Gasteiger charge is 2.03. The van der Waals surface area contributed by atoms with Gasteiger partial charge in [0.25, 0.3) is 0 Å². The van der Waals surface area contributed by atoms with Crippen LogP contribution in [0.4, 0.5) is 11.9 Å². The highest BCUT2D eigenvalue weighted by atomic mass is 16.5. The monoisotopic (exact) mass is 241 g/mol. The number of unbranched alkanes of at least 4 members (excludes halogenated alkanes) is 1. The topological polar surface area (TPSA) is 95.2 Å². The number of nitrogen functional groups attached to an aromatic ring is 1. The fraction of sp³-hybridized carbons (Fsp3) is 0.700. The number of nitrogens with zero attached hydrogens (tertiary/aromatic N) is 3. The van der Waals surface area contributed by atoms with Crippen molar-refractivity contribution < 1.29 is 9.47 Å². The Hall–Kier alpha value is -1.47. The second-order valence-corrected chi connectivity index (χ2v) is 3.45. The van der Waals surface area contributed by atoms with Crippen LogP contribution in [0, 0.1) is 0 Å². The van der Waals surface area contributed by atoms with Gasteiger partial charge in [0.15, 0.2) is 5.82 Å². The molecule has 0 unspecified atom stereocenters. The van der Waals surface area contributed by atoms with Crippen LogP contribution < -0.4 is 11.1 Å². The smallest absolute Gasteiger partial charge is 0.229 e. The van der Waals surface area contributed by atoms with Crippen LogP contribution in [-0.4, -0.2) is 35.4 Å². The molecule has 17 heavy (non-hydrogen) atoms. The van der Waals surface area contributed by atoms with Crippen LogP contribution in [0.5, 0.6) is 0 Å². The Balaban J connectivity index is 2.50. The van der Waals surface area contributed by atoms with Gasteiger partial charge in [0.1, 0.15) is 13.3 Å². The molecule has 0 aromatic carbocycles. The number of hydrogen-bond donors (Lipinski definition) is 2. The molecule has 0 amide bonds. The summed E-state index contributed by atoms with van der Waals surface area (Å²) in [6.07, 6.45) is 2.12. The summed E-state index contributed by atoms with van der Waals surface area (Å²) < 4.78 is 10.3. The highest BCUT2D eigenvalue weighted by Crippen LogP contribution is 2.04. The second-order valence-electron chi connectivity index (χ2n) is 3.45. The maximum absolute atomic E-state index is 5.56. The van der Waals surface area contributed by atoms with E-state index in [0.717, 1.165) is 12.8 Å². The fourth-order valence-corrected chi connectivity index (χ4v) is 1.13. The molecule has 0 atom stereocenters. The first-order valence-electron chi connectivity index (χ1n) is 5.57. The number of aromatic nitrogens is 3. The molecule has 1 heterocycles. The van der Waals surface area contributed by atoms with Crippen molar-refractivity contribution in [2.45, 2.75) is 26.4 Å². The van der Waals surface area contributed by atoms with Crippen molar-refractivity contribution >= 4 is 11.9 Å². The van der Waals surface area contributed by atoms with Crippen LogP contribution in [0.15, 0.2) is 0 Å². The summed E-state index contributed by atoms with van der Waals surface area (Å²) in [5, 5.41) is 2.86. The largest absolute Gasteiger partial charge is 0.373 e. The molecule has 1 rings (SSSR count). The van der Waals surface area contributed by atoms with E-state index in [1.54, 1.807) is 7.11 Å². The van der Waals surface area contributed by atoms with Crippen molar-refractivity contribution in [3.8, 4) is 0 Å². The van der Waals surface area contributed by atoms with E-state index in [4.69, 9.17) is 15.2 Å². The van der Waals surface area contributed by atoms with Crippen LogP contribution >= 0.6 is 0 Å². The summed E-state index contributed by atoms with van der Waals surface area (Å²) in [6.45, 7) is 3.47. The van der Waals surface area contributed by atoms with Crippen molar-refractivity contribution in [2.24, 2.45) is 0 Å². The van der Waals surface area contributed by atoms with Crippen LogP contribution in [0.3, 0.4) is 0 Å². The summed E-state index contributed by atoms with van der Waals surface area (Å²) in [5.41, 5.74) is 5.56. The average molecular weight is 241 g/mol. The molecule has 96 valence electrons. The summed E-state index contributed by atoms with van der Waals surface area (Å²) in [4.78, 5) is 12.1. The Morgan fingerprint density at radius 3 is 2.82 bits per heavy atom. The van der Waals surface area contributed by atoms with Crippen LogP contribution in [0.25, 0.3) is 0 Å². The Morgan fingerprint density at radius 2 is 2.12 bits per heavy atom. The molecule has 0 fully saturated rings. The van der Waals surface area contributed by atoms with Crippen LogP contribution in [-0.2, 0) is 16.1 Å². The zero-order valence-corrected chi connectivity index (χ0v) is 10.3. The van der Waals surface area contributed by atoms with Crippen molar-refractivity contribution in [2.75, 3.05) is 31.5 Å². The number of methoxy groups -OCH3 is 1. The molecular formula is C10H19N5O2. The first-order chi connectivity index (χ1) is 8.26. The fourth-order valence-electron chi connectivity index (χ4n) is 1.13. The van der Waals surface area contributed by atoms with E-state index in [1.165, 1.54) is 0 Å². The van der Waals surface area contributed by atoms with Crippen molar-refractivity contribution in [1.82, 2.24) is 15.0 Å². The Morgan fingerprint density at radius 1 is 1.29 bits per heavy atom. The first kappa shape index (κ1) is 13.6. The van der Waals surface area contributed by atoms with Gasteiger partial charge in [-0.1, -0.05) is 13.3 Å². The SMILES string of the molecule is CCCCOCc1nc(N)nc(NCOC)n1. The molecule has 7 heteroatoms. The van der Waals surface area contributed by atoms with Crippen molar-refractivity contribution in [1.29, 1.82) is 0 Å². The lowest BCUT2D eigenvalue weighted by molar-refractivity contribution is 0.112. The second kappa shape index (κ2) is 7.75. The number of nitrogens with one attached hydrogen (secondary N) is 1. The van der Waals surface area contributed by atoms with Gasteiger partial charge in [-0.05, 0) is 6.42 Å². The molecule has 3 N–H and O–H groups in total. The molecular weight excluding hydrogens is 222 g/mol. The predicted molar refractivity (Wildman–Crippen MR) is 64.3 cm³/mol. The van der Waals surface area contributed by atoms with E-state index in [0.29, 0.717) is 31.7 Å². The summed E-state index contributed by atoms with van der Waals surface area (Å²) in [7, 11) is 1.58. The normalized spacial score (nSPS) is 10.5. The minimum atomic E-state index is 0.174. The minimum absolute atomic E-state index is 0.174. The predicted octanol–water partition coefficient (Wildman–Crippen LogP) is 0.786. The molecule has 0 bridgehead atoms. The maximum atomic E-state index is 5.56. The Labute approximate surface area is 101 Å². The third-order valence-corrected chi connectivity index (χ3v) is 1.95. The lowest BCUT2D eigenvalue weighted by Gasteiger charge is -2.06. The van der Waals surface area contributed by atoms with E-state index in [1.807, 2.05) is 0 Å². The zero-order chi connectivity index (χ0) is 12.5. The van der Waals surface area contributed by atoms with Crippen molar-refractivity contribution in [3.05, 3.63) is 5.82 Å². The van der Waals surface area contributed by atoms with Crippen molar-refractivity contribution in [3.63, 3.8) is 0 Å². The highest BCUT2D eigenvalue weighted by molar-refractivity contribution is 5.30. The number of rotatable bonds is 8. The molecule has 0 saturated heterocycles. The third kappa shape index (κ3) is 5.41. The van der Waals surface area contributed by atoms with Crippen LogP contribution in [0.2, 0.25) is 0 Å². The van der Waals surface area contributed by atoms with Gasteiger partial charge in [-0.15, -0.1) is 0 Å². The number of nitrogens with two attached hydrogens (primary N) is 1. The minimum Gasteiger partial charge on any atom is -0.373 e. The Bertz CT molecular complexity index is 334. The van der Waals surface area contributed by atoms with Crippen LogP contribution in [0.1, 0.15) is 25.6 Å². The molecule has 0 radical (unpaired) electrons. The van der Waals surface area contributed by atoms with Gasteiger partial charge in [0.05, 0.1) is 0 Å². The molecule has 0 spiro atoms. The van der Waals surface area contributed by atoms with Gasteiger partial charge in [-0.2, -0.15) is 15.0 Å². The van der Waals surface area contributed by atoms with Gasteiger partial charge in [0, 0.05) is 13.7 Å². The van der Waals surface area contributed by atoms with E-state index >= 15 is 0 Å². The van der Waals surface area contributed by atoms with Gasteiger partial charge in [-0.3, -0.25) is 0 Å². The lowest BCUT2D eigenvalue weighted by Crippen LogP contribution is -2.12. The van der Waals surface area contributed by atoms with E-state index in [9.17, 15) is 0 Å². The van der Waals surface area contributed by atoms with E-state index in [2.05, 4.69) is 27.2 Å². The van der Waals surface area contributed by atoms with E-state index in [-0.39, 0.29) is 5.95 Å². The van der Waals surface area contributed by atoms with Gasteiger partial charge >= 0.3 is 0 Å². The average Bonchev–Trinajstić information content (AvgIpc) is 2.31. The molecule has 1 aromatic rings. The number of hydrogen-bond acceptors (Lipinski definition) is 7. The molecule has 0 aliphatic carbocycles. The number of anilines is 2. The standard InChI is InChI=1S/C10H19N5O2/c1-3-4-5-17-6-8-13-9(11)15-10(14-8)12-7-16-2/h3-7H2,1-2H3,(H3,11,12,13,14,15).